The second-order valence-electron chi connectivity index (χ2n) is 7.45. The van der Waals surface area contributed by atoms with Crippen LogP contribution in [0.1, 0.15) is 18.6 Å². The number of hydrogen-bond acceptors (Lipinski definition) is 5. The molecule has 2 heterocycles. The third-order valence-electron chi connectivity index (χ3n) is 5.37. The number of carbonyl (C=O) groups excluding carboxylic acids is 1. The van der Waals surface area contributed by atoms with Crippen molar-refractivity contribution >= 4 is 17.4 Å². The largest absolute Gasteiger partial charge is 0.468 e. The van der Waals surface area contributed by atoms with Crippen molar-refractivity contribution in [2.24, 2.45) is 17.2 Å². The highest BCUT2D eigenvalue weighted by Gasteiger charge is 2.33. The summed E-state index contributed by atoms with van der Waals surface area (Å²) in [6.45, 7) is 2.81. The van der Waals surface area contributed by atoms with E-state index in [1.54, 1.807) is 6.26 Å². The molecule has 0 aliphatic carbocycles. The fourth-order valence-electron chi connectivity index (χ4n) is 3.43. The summed E-state index contributed by atoms with van der Waals surface area (Å²) in [7, 11) is 0. The van der Waals surface area contributed by atoms with Gasteiger partial charge in [-0.05, 0) is 49.2 Å². The molecule has 8 nitrogen and oxygen atoms in total. The van der Waals surface area contributed by atoms with Gasteiger partial charge >= 0.3 is 0 Å². The van der Waals surface area contributed by atoms with Gasteiger partial charge in [-0.25, -0.2) is 9.38 Å². The Hall–Kier alpha value is -3.17. The molecule has 1 amide bonds. The van der Waals surface area contributed by atoms with Crippen LogP contribution in [-0.4, -0.2) is 41.8 Å². The molecule has 30 heavy (non-hydrogen) atoms. The van der Waals surface area contributed by atoms with Crippen molar-refractivity contribution < 1.29 is 18.6 Å². The first-order chi connectivity index (χ1) is 14.4. The monoisotopic (exact) mass is 415 g/mol. The minimum absolute atomic E-state index is 0.0732. The van der Waals surface area contributed by atoms with E-state index in [4.69, 9.17) is 21.6 Å². The number of nitrogens with one attached hydrogen (secondary N) is 2. The van der Waals surface area contributed by atoms with Gasteiger partial charge in [0.05, 0.1) is 18.3 Å². The smallest absolute Gasteiger partial charge is 0.285 e. The number of primary amides is 1. The number of nitrogens with zero attached hydrogens (tertiary/aromatic N) is 1. The number of rotatable bonds is 8. The Balaban J connectivity index is 1.68. The Kier molecular flexibility index (Phi) is 6.86. The highest BCUT2D eigenvalue weighted by atomic mass is 19.1. The molecule has 0 spiro atoms. The van der Waals surface area contributed by atoms with Gasteiger partial charge in [-0.3, -0.25) is 15.4 Å². The summed E-state index contributed by atoms with van der Waals surface area (Å²) in [4.78, 5) is 17.1. The summed E-state index contributed by atoms with van der Waals surface area (Å²) in [6.07, 6.45) is 4.77. The lowest BCUT2D eigenvalue weighted by Gasteiger charge is -2.41. The van der Waals surface area contributed by atoms with Crippen LogP contribution in [0.2, 0.25) is 0 Å². The summed E-state index contributed by atoms with van der Waals surface area (Å²) in [5.74, 6) is -0.0517. The first kappa shape index (κ1) is 21.5. The van der Waals surface area contributed by atoms with E-state index in [-0.39, 0.29) is 22.8 Å². The normalized spacial score (nSPS) is 17.7. The Labute approximate surface area is 174 Å². The average Bonchev–Trinajstić information content (AvgIpc) is 3.24. The van der Waals surface area contributed by atoms with E-state index in [0.29, 0.717) is 12.2 Å². The fraction of sp³-hybridized carbons (Fsp3) is 0.333. The SMILES string of the molecule is NCC1(N/C=C(/C(N)=O)C(N)=[NH+]c2ccc(F)cc2)CCN(Cc2ccco2)CC1. The lowest BCUT2D eigenvalue weighted by Crippen LogP contribution is -2.70. The first-order valence-corrected chi connectivity index (χ1v) is 9.79. The highest BCUT2D eigenvalue weighted by Crippen LogP contribution is 2.23. The number of halogens is 1. The third-order valence-corrected chi connectivity index (χ3v) is 5.37. The minimum Gasteiger partial charge on any atom is -0.468 e. The second-order valence-corrected chi connectivity index (χ2v) is 7.45. The third kappa shape index (κ3) is 5.46. The van der Waals surface area contributed by atoms with Gasteiger partial charge in [-0.2, -0.15) is 0 Å². The van der Waals surface area contributed by atoms with Crippen LogP contribution in [0.25, 0.3) is 0 Å². The Bertz CT molecular complexity index is 900. The van der Waals surface area contributed by atoms with E-state index in [1.165, 1.54) is 30.5 Å². The molecule has 1 fully saturated rings. The Morgan fingerprint density at radius 2 is 1.93 bits per heavy atom. The number of carbonyl (C=O) groups is 1. The van der Waals surface area contributed by atoms with E-state index >= 15 is 0 Å². The van der Waals surface area contributed by atoms with Crippen LogP contribution in [-0.2, 0) is 11.3 Å². The molecule has 2 aromatic rings. The maximum atomic E-state index is 13.1. The average molecular weight is 415 g/mol. The molecule has 0 bridgehead atoms. The van der Waals surface area contributed by atoms with Crippen LogP contribution >= 0.6 is 0 Å². The van der Waals surface area contributed by atoms with Gasteiger partial charge in [0.25, 0.3) is 11.7 Å². The number of furan rings is 1. The van der Waals surface area contributed by atoms with Crippen molar-refractivity contribution in [1.82, 2.24) is 10.2 Å². The van der Waals surface area contributed by atoms with Crippen molar-refractivity contribution in [2.75, 3.05) is 19.6 Å². The van der Waals surface area contributed by atoms with Gasteiger partial charge in [-0.1, -0.05) is 0 Å². The molecule has 8 N–H and O–H groups in total. The fourth-order valence-corrected chi connectivity index (χ4v) is 3.43. The molecule has 3 rings (SSSR count). The van der Waals surface area contributed by atoms with Gasteiger partial charge in [0, 0.05) is 25.8 Å². The van der Waals surface area contributed by atoms with Gasteiger partial charge in [0.1, 0.15) is 22.8 Å². The zero-order valence-electron chi connectivity index (χ0n) is 16.7. The predicted molar refractivity (Wildman–Crippen MR) is 112 cm³/mol. The van der Waals surface area contributed by atoms with Crippen LogP contribution in [0.4, 0.5) is 10.1 Å². The van der Waals surface area contributed by atoms with E-state index < -0.39 is 5.91 Å². The topological polar surface area (TPSA) is 138 Å². The standard InChI is InChI=1S/C21H27FN6O2/c22-15-3-5-16(6-4-15)27-19(24)18(20(25)29)12-26-21(14-23)7-9-28(10-8-21)13-17-2-1-11-30-17/h1-6,11-12,26H,7-10,13-14,23H2,(H2,24,27)(H2,25,29)/p+1/b18-12+. The van der Waals surface area contributed by atoms with Crippen LogP contribution in [0.3, 0.4) is 0 Å². The van der Waals surface area contributed by atoms with E-state index in [0.717, 1.165) is 38.2 Å². The van der Waals surface area contributed by atoms with Gasteiger partial charge in [0.2, 0.25) is 0 Å². The zero-order chi connectivity index (χ0) is 21.6. The van der Waals surface area contributed by atoms with Crippen LogP contribution in [0.15, 0.2) is 58.9 Å². The molecule has 0 atom stereocenters. The lowest BCUT2D eigenvalue weighted by molar-refractivity contribution is -0.354. The van der Waals surface area contributed by atoms with Crippen LogP contribution in [0, 0.1) is 5.82 Å². The van der Waals surface area contributed by atoms with E-state index in [2.05, 4.69) is 15.2 Å². The molecule has 9 heteroatoms. The number of likely N-dealkylation sites (tertiary alicyclic amines) is 1. The van der Waals surface area contributed by atoms with E-state index in [9.17, 15) is 9.18 Å². The van der Waals surface area contributed by atoms with Crippen molar-refractivity contribution in [2.45, 2.75) is 24.9 Å². The van der Waals surface area contributed by atoms with Crippen molar-refractivity contribution in [1.29, 1.82) is 0 Å². The quantitative estimate of drug-likeness (QED) is 0.223. The summed E-state index contributed by atoms with van der Waals surface area (Å²) in [5, 5.41) is 3.28. The Morgan fingerprint density at radius 1 is 1.23 bits per heavy atom. The second kappa shape index (κ2) is 9.55. The summed E-state index contributed by atoms with van der Waals surface area (Å²) >= 11 is 0. The van der Waals surface area contributed by atoms with Gasteiger partial charge < -0.3 is 21.2 Å². The Morgan fingerprint density at radius 3 is 2.50 bits per heavy atom. The number of amidine groups is 1. The van der Waals surface area contributed by atoms with Crippen LogP contribution in [0.5, 0.6) is 0 Å². The molecule has 0 saturated carbocycles. The highest BCUT2D eigenvalue weighted by molar-refractivity contribution is 6.17. The number of hydrogen-bond donors (Lipinski definition) is 5. The summed E-state index contributed by atoms with van der Waals surface area (Å²) in [6, 6.07) is 9.46. The van der Waals surface area contributed by atoms with Gasteiger partial charge in [0.15, 0.2) is 0 Å². The zero-order valence-corrected chi connectivity index (χ0v) is 16.7. The first-order valence-electron chi connectivity index (χ1n) is 9.79. The number of nitrogens with two attached hydrogens (primary N) is 3. The molecular weight excluding hydrogens is 387 g/mol. The molecule has 1 aromatic carbocycles. The molecule has 1 aliphatic heterocycles. The summed E-state index contributed by atoms with van der Waals surface area (Å²) < 4.78 is 18.5. The van der Waals surface area contributed by atoms with Crippen LogP contribution < -0.4 is 27.5 Å². The van der Waals surface area contributed by atoms with Crippen molar-refractivity contribution in [3.63, 3.8) is 0 Å². The minimum atomic E-state index is -0.683. The number of benzene rings is 1. The molecule has 1 saturated heterocycles. The maximum absolute atomic E-state index is 13.1. The van der Waals surface area contributed by atoms with E-state index in [1.807, 2.05) is 12.1 Å². The van der Waals surface area contributed by atoms with Gasteiger partial charge in [-0.15, -0.1) is 0 Å². The number of piperidine rings is 1. The summed E-state index contributed by atoms with van der Waals surface area (Å²) in [5.41, 5.74) is 17.9. The molecular formula is C21H28FN6O2+. The molecule has 160 valence electrons. The van der Waals surface area contributed by atoms with Crippen molar-refractivity contribution in [3.05, 3.63) is 66.0 Å². The molecule has 1 aliphatic rings. The maximum Gasteiger partial charge on any atom is 0.285 e. The predicted octanol–water partition coefficient (Wildman–Crippen LogP) is -0.560. The molecule has 0 radical (unpaired) electrons. The molecule has 0 unspecified atom stereocenters. The number of amides is 1. The lowest BCUT2D eigenvalue weighted by atomic mass is 9.87. The molecule has 1 aromatic heterocycles. The van der Waals surface area contributed by atoms with Crippen molar-refractivity contribution in [3.8, 4) is 0 Å².